The molecule has 3 fully saturated rings. The highest BCUT2D eigenvalue weighted by molar-refractivity contribution is 6.05. The molecule has 3 aliphatic heterocycles. The fraction of sp³-hybridized carbons (Fsp3) is 0.609. The predicted octanol–water partition coefficient (Wildman–Crippen LogP) is 2.65. The molecule has 4 amide bonds. The summed E-state index contributed by atoms with van der Waals surface area (Å²) in [6, 6.07) is 4.29. The standard InChI is InChI=1S/C23H29N3O5/c1-22(2)8-15-9-23(3,11-22)12-26(15)19(27)7-16-20(28)25(21(29)24-16)10-14-4-5-17-18(6-14)31-13-30-17/h4-6,15-16H,7-13H2,1-3H3,(H,24,29)/t15-,16-,23-/m1/s1. The van der Waals surface area contributed by atoms with Gasteiger partial charge in [-0.3, -0.25) is 14.5 Å². The number of carbonyl (C=O) groups excluding carboxylic acids is 3. The number of carbonyl (C=O) groups is 3. The van der Waals surface area contributed by atoms with Crippen LogP contribution in [0.4, 0.5) is 4.79 Å². The number of imide groups is 1. The van der Waals surface area contributed by atoms with Gasteiger partial charge in [0.15, 0.2) is 11.5 Å². The molecular weight excluding hydrogens is 398 g/mol. The number of hydrogen-bond donors (Lipinski definition) is 1. The van der Waals surface area contributed by atoms with Gasteiger partial charge < -0.3 is 19.7 Å². The van der Waals surface area contributed by atoms with Crippen LogP contribution in [-0.2, 0) is 16.1 Å². The number of ether oxygens (including phenoxy) is 2. The van der Waals surface area contributed by atoms with Gasteiger partial charge in [-0.1, -0.05) is 26.8 Å². The minimum absolute atomic E-state index is 0.00915. The predicted molar refractivity (Wildman–Crippen MR) is 111 cm³/mol. The first-order valence-corrected chi connectivity index (χ1v) is 10.9. The van der Waals surface area contributed by atoms with E-state index in [9.17, 15) is 14.4 Å². The van der Waals surface area contributed by atoms with Crippen LogP contribution in [0.25, 0.3) is 0 Å². The van der Waals surface area contributed by atoms with Gasteiger partial charge in [0.25, 0.3) is 5.91 Å². The number of likely N-dealkylation sites (tertiary alicyclic amines) is 1. The molecule has 31 heavy (non-hydrogen) atoms. The Morgan fingerprint density at radius 1 is 1.16 bits per heavy atom. The zero-order valence-electron chi connectivity index (χ0n) is 18.3. The van der Waals surface area contributed by atoms with E-state index < -0.39 is 12.1 Å². The highest BCUT2D eigenvalue weighted by Crippen LogP contribution is 2.52. The van der Waals surface area contributed by atoms with Crippen LogP contribution in [0.3, 0.4) is 0 Å². The number of fused-ring (bicyclic) bond motifs is 3. The van der Waals surface area contributed by atoms with Crippen molar-refractivity contribution in [1.29, 1.82) is 0 Å². The van der Waals surface area contributed by atoms with Crippen LogP contribution in [0.15, 0.2) is 18.2 Å². The van der Waals surface area contributed by atoms with Crippen LogP contribution in [0.2, 0.25) is 0 Å². The summed E-state index contributed by atoms with van der Waals surface area (Å²) in [5.74, 6) is 0.852. The van der Waals surface area contributed by atoms with Gasteiger partial charge in [-0.15, -0.1) is 0 Å². The van der Waals surface area contributed by atoms with Crippen molar-refractivity contribution in [3.63, 3.8) is 0 Å². The van der Waals surface area contributed by atoms with E-state index in [1.807, 2.05) is 4.90 Å². The van der Waals surface area contributed by atoms with Gasteiger partial charge in [0.05, 0.1) is 13.0 Å². The third-order valence-corrected chi connectivity index (χ3v) is 7.00. The van der Waals surface area contributed by atoms with Crippen molar-refractivity contribution in [1.82, 2.24) is 15.1 Å². The molecule has 3 atom stereocenters. The summed E-state index contributed by atoms with van der Waals surface area (Å²) in [4.78, 5) is 41.6. The zero-order chi connectivity index (χ0) is 22.0. The maximum absolute atomic E-state index is 13.1. The quantitative estimate of drug-likeness (QED) is 0.747. The average molecular weight is 428 g/mol. The molecule has 5 rings (SSSR count). The summed E-state index contributed by atoms with van der Waals surface area (Å²) in [5.41, 5.74) is 1.12. The number of benzene rings is 1. The normalized spacial score (nSPS) is 30.7. The lowest BCUT2D eigenvalue weighted by Crippen LogP contribution is -2.42. The molecule has 2 bridgehead atoms. The Bertz CT molecular complexity index is 961. The molecule has 0 radical (unpaired) electrons. The van der Waals surface area contributed by atoms with Gasteiger partial charge in [0.1, 0.15) is 6.04 Å². The second kappa shape index (κ2) is 6.87. The maximum atomic E-state index is 13.1. The summed E-state index contributed by atoms with van der Waals surface area (Å²) in [7, 11) is 0. The fourth-order valence-electron chi connectivity index (χ4n) is 6.13. The van der Waals surface area contributed by atoms with Crippen LogP contribution >= 0.6 is 0 Å². The molecule has 1 N–H and O–H groups in total. The van der Waals surface area contributed by atoms with Crippen LogP contribution < -0.4 is 14.8 Å². The van der Waals surface area contributed by atoms with Gasteiger partial charge in [-0.25, -0.2) is 4.79 Å². The molecule has 8 heteroatoms. The molecule has 1 aromatic carbocycles. The van der Waals surface area contributed by atoms with Crippen LogP contribution in [0, 0.1) is 10.8 Å². The largest absolute Gasteiger partial charge is 0.454 e. The van der Waals surface area contributed by atoms with E-state index in [4.69, 9.17) is 9.47 Å². The molecule has 2 saturated heterocycles. The SMILES string of the molecule is CC1(C)C[C@@H]2C[C@@](C)(CN2C(=O)C[C@H]2NC(=O)N(Cc3ccc4c(c3)OCO4)C2=O)C1. The summed E-state index contributed by atoms with van der Waals surface area (Å²) in [5, 5.41) is 2.70. The Balaban J connectivity index is 1.24. The third kappa shape index (κ3) is 3.62. The Morgan fingerprint density at radius 3 is 2.74 bits per heavy atom. The van der Waals surface area contributed by atoms with Crippen LogP contribution in [0.5, 0.6) is 11.5 Å². The van der Waals surface area contributed by atoms with Gasteiger partial charge in [0, 0.05) is 12.6 Å². The highest BCUT2D eigenvalue weighted by Gasteiger charge is 2.51. The first-order valence-electron chi connectivity index (χ1n) is 10.9. The molecule has 3 heterocycles. The minimum atomic E-state index is -0.810. The van der Waals surface area contributed by atoms with Crippen molar-refractivity contribution in [2.45, 2.75) is 65.1 Å². The molecule has 0 spiro atoms. The number of rotatable bonds is 4. The first kappa shape index (κ1) is 20.2. The van der Waals surface area contributed by atoms with E-state index in [0.29, 0.717) is 11.5 Å². The Morgan fingerprint density at radius 2 is 1.94 bits per heavy atom. The number of nitrogens with zero attached hydrogens (tertiary/aromatic N) is 2. The lowest BCUT2D eigenvalue weighted by molar-refractivity contribution is -0.136. The number of amides is 4. The van der Waals surface area contributed by atoms with Crippen molar-refractivity contribution >= 4 is 17.8 Å². The molecule has 4 aliphatic rings. The van der Waals surface area contributed by atoms with Gasteiger partial charge >= 0.3 is 6.03 Å². The molecular formula is C23H29N3O5. The third-order valence-electron chi connectivity index (χ3n) is 7.00. The van der Waals surface area contributed by atoms with E-state index in [2.05, 4.69) is 26.1 Å². The lowest BCUT2D eigenvalue weighted by atomic mass is 9.65. The van der Waals surface area contributed by atoms with E-state index in [-0.39, 0.29) is 48.4 Å². The second-order valence-corrected chi connectivity index (χ2v) is 10.6. The highest BCUT2D eigenvalue weighted by atomic mass is 16.7. The van der Waals surface area contributed by atoms with Gasteiger partial charge in [-0.05, 0) is 47.8 Å². The molecule has 1 aromatic rings. The smallest absolute Gasteiger partial charge is 0.325 e. The molecule has 1 aliphatic carbocycles. The summed E-state index contributed by atoms with van der Waals surface area (Å²) in [6.07, 6.45) is 3.11. The van der Waals surface area contributed by atoms with Crippen molar-refractivity contribution in [3.8, 4) is 11.5 Å². The minimum Gasteiger partial charge on any atom is -0.454 e. The van der Waals surface area contributed by atoms with E-state index in [1.54, 1.807) is 18.2 Å². The first-order chi connectivity index (χ1) is 14.6. The van der Waals surface area contributed by atoms with E-state index in [1.165, 1.54) is 4.90 Å². The Hall–Kier alpha value is -2.77. The molecule has 0 aromatic heterocycles. The monoisotopic (exact) mass is 427 g/mol. The van der Waals surface area contributed by atoms with Crippen LogP contribution in [0.1, 0.15) is 52.0 Å². The van der Waals surface area contributed by atoms with Crippen molar-refractivity contribution in [2.75, 3.05) is 13.3 Å². The summed E-state index contributed by atoms with van der Waals surface area (Å²) >= 11 is 0. The van der Waals surface area contributed by atoms with Gasteiger partial charge in [0.2, 0.25) is 12.7 Å². The number of hydrogen-bond acceptors (Lipinski definition) is 5. The molecule has 0 unspecified atom stereocenters. The van der Waals surface area contributed by atoms with Crippen LogP contribution in [-0.4, -0.2) is 53.1 Å². The number of nitrogens with one attached hydrogen (secondary N) is 1. The molecule has 166 valence electrons. The molecule has 8 nitrogen and oxygen atoms in total. The Labute approximate surface area is 181 Å². The molecule has 1 saturated carbocycles. The lowest BCUT2D eigenvalue weighted by Gasteiger charge is -2.39. The van der Waals surface area contributed by atoms with E-state index >= 15 is 0 Å². The van der Waals surface area contributed by atoms with E-state index in [0.717, 1.165) is 31.4 Å². The van der Waals surface area contributed by atoms with Gasteiger partial charge in [-0.2, -0.15) is 0 Å². The second-order valence-electron chi connectivity index (χ2n) is 10.6. The summed E-state index contributed by atoms with van der Waals surface area (Å²) < 4.78 is 10.7. The van der Waals surface area contributed by atoms with Crippen molar-refractivity contribution in [3.05, 3.63) is 23.8 Å². The Kier molecular flexibility index (Phi) is 4.46. The fourth-order valence-corrected chi connectivity index (χ4v) is 6.13. The average Bonchev–Trinajstić information content (AvgIpc) is 3.31. The zero-order valence-corrected chi connectivity index (χ0v) is 18.3. The number of urea groups is 1. The van der Waals surface area contributed by atoms with Crippen molar-refractivity contribution in [2.24, 2.45) is 10.8 Å². The topological polar surface area (TPSA) is 88.2 Å². The van der Waals surface area contributed by atoms with Crippen molar-refractivity contribution < 1.29 is 23.9 Å². The summed E-state index contributed by atoms with van der Waals surface area (Å²) in [6.45, 7) is 7.81. The maximum Gasteiger partial charge on any atom is 0.325 e.